The highest BCUT2D eigenvalue weighted by Crippen LogP contribution is 2.33. The monoisotopic (exact) mass is 371 g/mol. The maximum atomic E-state index is 6.11. The maximum absolute atomic E-state index is 6.11. The zero-order valence-corrected chi connectivity index (χ0v) is 14.7. The molecule has 4 aromatic rings. The average Bonchev–Trinajstić information content (AvgIpc) is 3.12. The number of hydrogen-bond acceptors (Lipinski definition) is 4. The Morgan fingerprint density at radius 2 is 1.62 bits per heavy atom. The molecule has 2 aromatic carbocycles. The summed E-state index contributed by atoms with van der Waals surface area (Å²) in [5, 5.41) is 6.35. The van der Waals surface area contributed by atoms with E-state index in [0.29, 0.717) is 15.9 Å². The highest BCUT2D eigenvalue weighted by molar-refractivity contribution is 7.13. The fraction of sp³-hybridized carbons (Fsp3) is 0. The van der Waals surface area contributed by atoms with Crippen molar-refractivity contribution in [3.63, 3.8) is 0 Å². The Morgan fingerprint density at radius 1 is 0.833 bits per heavy atom. The van der Waals surface area contributed by atoms with Gasteiger partial charge < -0.3 is 5.32 Å². The fourth-order valence-corrected chi connectivity index (χ4v) is 3.40. The first-order valence-corrected chi connectivity index (χ1v) is 8.87. The van der Waals surface area contributed by atoms with Gasteiger partial charge in [-0.15, -0.1) is 11.3 Å². The second kappa shape index (κ2) is 6.40. The highest BCUT2D eigenvalue weighted by atomic mass is 35.5. The maximum Gasteiger partial charge on any atom is 0.158 e. The third-order valence-corrected chi connectivity index (χ3v) is 5.12. The lowest BCUT2D eigenvalue weighted by Crippen LogP contribution is -1.99. The van der Waals surface area contributed by atoms with Crippen LogP contribution in [0.25, 0.3) is 21.6 Å². The SMILES string of the molecule is Clc1ccc(Nc2nc3ccccc3nc2-c2cccs2)cc1Cl. The summed E-state index contributed by atoms with van der Waals surface area (Å²) in [6.45, 7) is 0. The zero-order valence-electron chi connectivity index (χ0n) is 12.3. The van der Waals surface area contributed by atoms with Gasteiger partial charge in [-0.2, -0.15) is 0 Å². The second-order valence-electron chi connectivity index (χ2n) is 5.14. The number of aromatic nitrogens is 2. The number of rotatable bonds is 3. The van der Waals surface area contributed by atoms with Gasteiger partial charge >= 0.3 is 0 Å². The molecule has 0 spiro atoms. The lowest BCUT2D eigenvalue weighted by atomic mass is 10.2. The molecule has 0 atom stereocenters. The number of anilines is 2. The Morgan fingerprint density at radius 3 is 2.33 bits per heavy atom. The van der Waals surface area contributed by atoms with Crippen molar-refractivity contribution in [3.8, 4) is 10.6 Å². The number of nitrogens with one attached hydrogen (secondary N) is 1. The molecule has 2 heterocycles. The summed E-state index contributed by atoms with van der Waals surface area (Å²) in [6.07, 6.45) is 0. The van der Waals surface area contributed by atoms with Gasteiger partial charge in [0.15, 0.2) is 5.82 Å². The van der Waals surface area contributed by atoms with Crippen LogP contribution in [0.1, 0.15) is 0 Å². The highest BCUT2D eigenvalue weighted by Gasteiger charge is 2.12. The van der Waals surface area contributed by atoms with E-state index in [1.165, 1.54) is 0 Å². The summed E-state index contributed by atoms with van der Waals surface area (Å²) in [6, 6.07) is 17.2. The van der Waals surface area contributed by atoms with Gasteiger partial charge in [0.2, 0.25) is 0 Å². The van der Waals surface area contributed by atoms with Crippen molar-refractivity contribution in [2.75, 3.05) is 5.32 Å². The van der Waals surface area contributed by atoms with E-state index < -0.39 is 0 Å². The van der Waals surface area contributed by atoms with Crippen LogP contribution >= 0.6 is 34.5 Å². The minimum absolute atomic E-state index is 0.494. The minimum atomic E-state index is 0.494. The number of benzene rings is 2. The molecule has 0 amide bonds. The third-order valence-electron chi connectivity index (χ3n) is 3.51. The van der Waals surface area contributed by atoms with Crippen LogP contribution in [-0.4, -0.2) is 9.97 Å². The molecule has 0 aliphatic carbocycles. The summed E-state index contributed by atoms with van der Waals surface area (Å²) in [5.41, 5.74) is 3.32. The predicted octanol–water partition coefficient (Wildman–Crippen LogP) is 6.41. The topological polar surface area (TPSA) is 37.8 Å². The molecule has 0 saturated heterocycles. The summed E-state index contributed by atoms with van der Waals surface area (Å²) in [4.78, 5) is 10.6. The molecule has 1 N–H and O–H groups in total. The summed E-state index contributed by atoms with van der Waals surface area (Å²) >= 11 is 13.7. The molecular formula is C18H11Cl2N3S. The number of halogens is 2. The Hall–Kier alpha value is -2.14. The summed E-state index contributed by atoms with van der Waals surface area (Å²) in [5.74, 6) is 0.689. The largest absolute Gasteiger partial charge is 0.338 e. The van der Waals surface area contributed by atoms with Crippen LogP contribution in [0.3, 0.4) is 0 Å². The van der Waals surface area contributed by atoms with Crippen molar-refractivity contribution in [3.05, 3.63) is 70.0 Å². The van der Waals surface area contributed by atoms with Crippen LogP contribution in [0, 0.1) is 0 Å². The molecule has 0 unspecified atom stereocenters. The van der Waals surface area contributed by atoms with Crippen molar-refractivity contribution in [2.24, 2.45) is 0 Å². The Kier molecular flexibility index (Phi) is 4.10. The van der Waals surface area contributed by atoms with E-state index in [1.807, 2.05) is 47.8 Å². The van der Waals surface area contributed by atoms with E-state index >= 15 is 0 Å². The van der Waals surface area contributed by atoms with Gasteiger partial charge in [-0.05, 0) is 41.8 Å². The van der Waals surface area contributed by atoms with Crippen molar-refractivity contribution in [2.45, 2.75) is 0 Å². The molecule has 0 saturated carbocycles. The van der Waals surface area contributed by atoms with Crippen molar-refractivity contribution < 1.29 is 0 Å². The van der Waals surface area contributed by atoms with Crippen LogP contribution in [0.15, 0.2) is 60.0 Å². The lowest BCUT2D eigenvalue weighted by molar-refractivity contribution is 1.29. The first kappa shape index (κ1) is 15.4. The van der Waals surface area contributed by atoms with Crippen molar-refractivity contribution in [1.29, 1.82) is 0 Å². The van der Waals surface area contributed by atoms with Crippen LogP contribution in [0.2, 0.25) is 10.0 Å². The van der Waals surface area contributed by atoms with Crippen LogP contribution < -0.4 is 5.32 Å². The third kappa shape index (κ3) is 2.96. The van der Waals surface area contributed by atoms with Gasteiger partial charge in [-0.3, -0.25) is 0 Å². The van der Waals surface area contributed by atoms with E-state index in [-0.39, 0.29) is 0 Å². The van der Waals surface area contributed by atoms with E-state index in [4.69, 9.17) is 33.2 Å². The predicted molar refractivity (Wildman–Crippen MR) is 103 cm³/mol. The average molecular weight is 372 g/mol. The standard InChI is InChI=1S/C18H11Cl2N3S/c19-12-8-7-11(10-13(12)20)21-18-17(16-6-3-9-24-16)22-14-4-1-2-5-15(14)23-18/h1-10H,(H,21,23). The Labute approximate surface area is 152 Å². The first-order valence-electron chi connectivity index (χ1n) is 7.23. The number of para-hydroxylation sites is 2. The zero-order chi connectivity index (χ0) is 16.5. The molecule has 118 valence electrons. The van der Waals surface area contributed by atoms with Crippen LogP contribution in [-0.2, 0) is 0 Å². The van der Waals surface area contributed by atoms with E-state index in [1.54, 1.807) is 23.5 Å². The number of fused-ring (bicyclic) bond motifs is 1. The Bertz CT molecular complexity index is 1020. The smallest absolute Gasteiger partial charge is 0.158 e. The molecule has 24 heavy (non-hydrogen) atoms. The lowest BCUT2D eigenvalue weighted by Gasteiger charge is -2.11. The molecule has 2 aromatic heterocycles. The molecule has 4 rings (SSSR count). The van der Waals surface area contributed by atoms with Crippen molar-refractivity contribution in [1.82, 2.24) is 9.97 Å². The molecule has 6 heteroatoms. The first-order chi connectivity index (χ1) is 11.7. The molecule has 0 aliphatic heterocycles. The molecular weight excluding hydrogens is 361 g/mol. The van der Waals surface area contributed by atoms with E-state index in [9.17, 15) is 0 Å². The number of nitrogens with zero attached hydrogens (tertiary/aromatic N) is 2. The summed E-state index contributed by atoms with van der Waals surface area (Å²) < 4.78 is 0. The molecule has 0 bridgehead atoms. The van der Waals surface area contributed by atoms with E-state index in [2.05, 4.69) is 5.32 Å². The quantitative estimate of drug-likeness (QED) is 0.452. The van der Waals surface area contributed by atoms with Gasteiger partial charge in [0.25, 0.3) is 0 Å². The minimum Gasteiger partial charge on any atom is -0.338 e. The normalized spacial score (nSPS) is 10.9. The van der Waals surface area contributed by atoms with Crippen LogP contribution in [0.4, 0.5) is 11.5 Å². The van der Waals surface area contributed by atoms with Crippen LogP contribution in [0.5, 0.6) is 0 Å². The van der Waals surface area contributed by atoms with Gasteiger partial charge in [0.05, 0.1) is 26.0 Å². The van der Waals surface area contributed by atoms with E-state index in [0.717, 1.165) is 27.3 Å². The molecule has 0 radical (unpaired) electrons. The fourth-order valence-electron chi connectivity index (χ4n) is 2.38. The molecule has 0 aliphatic rings. The second-order valence-corrected chi connectivity index (χ2v) is 6.90. The molecule has 0 fully saturated rings. The number of thiophene rings is 1. The van der Waals surface area contributed by atoms with Gasteiger partial charge in [0.1, 0.15) is 5.69 Å². The van der Waals surface area contributed by atoms with Crippen molar-refractivity contribution >= 4 is 57.1 Å². The summed E-state index contributed by atoms with van der Waals surface area (Å²) in [7, 11) is 0. The Balaban J connectivity index is 1.85. The van der Waals surface area contributed by atoms with Gasteiger partial charge in [0, 0.05) is 5.69 Å². The van der Waals surface area contributed by atoms with Gasteiger partial charge in [-0.25, -0.2) is 9.97 Å². The number of hydrogen-bond donors (Lipinski definition) is 1. The van der Waals surface area contributed by atoms with Gasteiger partial charge in [-0.1, -0.05) is 41.4 Å². The molecule has 3 nitrogen and oxygen atoms in total.